The molecule has 4 aromatic carbocycles. The van der Waals surface area contributed by atoms with Crippen LogP contribution in [0.25, 0.3) is 21.9 Å². The standard InChI is InChI=1S/C24H17NO/c1-15-9-11-16(12-10-15)25-22-14-13-18-17-5-2-3-6-19(17)24(26)21-8-4-7-20(22)23(18)21/h2-14,25H,1H3. The topological polar surface area (TPSA) is 29.1 Å². The Hall–Kier alpha value is -3.39. The third-order valence-electron chi connectivity index (χ3n) is 5.08. The van der Waals surface area contributed by atoms with E-state index in [4.69, 9.17) is 0 Å². The maximum Gasteiger partial charge on any atom is 0.194 e. The zero-order chi connectivity index (χ0) is 17.7. The van der Waals surface area contributed by atoms with E-state index in [1.54, 1.807) is 0 Å². The van der Waals surface area contributed by atoms with Gasteiger partial charge in [-0.2, -0.15) is 0 Å². The molecular formula is C24H17NO. The first-order chi connectivity index (χ1) is 12.7. The molecule has 0 atom stereocenters. The summed E-state index contributed by atoms with van der Waals surface area (Å²) in [6.45, 7) is 2.08. The number of aryl methyl sites for hydroxylation is 1. The van der Waals surface area contributed by atoms with Gasteiger partial charge in [0, 0.05) is 33.3 Å². The Morgan fingerprint density at radius 2 is 1.38 bits per heavy atom. The molecule has 0 heterocycles. The Morgan fingerprint density at radius 1 is 0.654 bits per heavy atom. The highest BCUT2D eigenvalue weighted by atomic mass is 16.1. The van der Waals surface area contributed by atoms with Gasteiger partial charge in [-0.15, -0.1) is 0 Å². The van der Waals surface area contributed by atoms with Crippen LogP contribution in [0.1, 0.15) is 21.5 Å². The number of rotatable bonds is 2. The molecular weight excluding hydrogens is 318 g/mol. The van der Waals surface area contributed by atoms with E-state index < -0.39 is 0 Å². The van der Waals surface area contributed by atoms with Crippen LogP contribution in [0, 0.1) is 6.92 Å². The summed E-state index contributed by atoms with van der Waals surface area (Å²) in [6.07, 6.45) is 0. The van der Waals surface area contributed by atoms with E-state index in [0.717, 1.165) is 44.4 Å². The SMILES string of the molecule is Cc1ccc(Nc2ccc3c4c(cccc24)C(=O)c2ccccc2-3)cc1. The van der Waals surface area contributed by atoms with Crippen molar-refractivity contribution in [3.05, 3.63) is 95.6 Å². The van der Waals surface area contributed by atoms with E-state index in [9.17, 15) is 4.79 Å². The third-order valence-corrected chi connectivity index (χ3v) is 5.08. The molecule has 26 heavy (non-hydrogen) atoms. The first kappa shape index (κ1) is 14.9. The van der Waals surface area contributed by atoms with Gasteiger partial charge in [-0.1, -0.05) is 66.2 Å². The van der Waals surface area contributed by atoms with E-state index in [2.05, 4.69) is 54.7 Å². The summed E-state index contributed by atoms with van der Waals surface area (Å²) in [5, 5.41) is 5.61. The summed E-state index contributed by atoms with van der Waals surface area (Å²) in [4.78, 5) is 13.0. The summed E-state index contributed by atoms with van der Waals surface area (Å²) >= 11 is 0. The first-order valence-corrected chi connectivity index (χ1v) is 8.76. The van der Waals surface area contributed by atoms with Crippen LogP contribution in [0.5, 0.6) is 0 Å². The number of nitrogens with one attached hydrogen (secondary N) is 1. The maximum absolute atomic E-state index is 13.0. The molecule has 1 aliphatic carbocycles. The Morgan fingerprint density at radius 3 is 2.19 bits per heavy atom. The van der Waals surface area contributed by atoms with Gasteiger partial charge in [-0.05, 0) is 36.2 Å². The van der Waals surface area contributed by atoms with Gasteiger partial charge in [0.2, 0.25) is 0 Å². The van der Waals surface area contributed by atoms with Gasteiger partial charge in [0.1, 0.15) is 0 Å². The number of hydrogen-bond acceptors (Lipinski definition) is 2. The highest BCUT2D eigenvalue weighted by Gasteiger charge is 2.25. The Kier molecular flexibility index (Phi) is 3.19. The second-order valence-electron chi connectivity index (χ2n) is 6.75. The highest BCUT2D eigenvalue weighted by Crippen LogP contribution is 2.42. The number of carbonyl (C=O) groups excluding carboxylic acids is 1. The van der Waals surface area contributed by atoms with Crippen molar-refractivity contribution in [1.82, 2.24) is 0 Å². The summed E-state index contributed by atoms with van der Waals surface area (Å²) in [7, 11) is 0. The lowest BCUT2D eigenvalue weighted by molar-refractivity contribution is 0.104. The first-order valence-electron chi connectivity index (χ1n) is 8.76. The fourth-order valence-electron chi connectivity index (χ4n) is 3.78. The molecule has 0 bridgehead atoms. The van der Waals surface area contributed by atoms with E-state index >= 15 is 0 Å². The summed E-state index contributed by atoms with van der Waals surface area (Å²) in [6, 6.07) is 26.4. The maximum atomic E-state index is 13.0. The molecule has 2 heteroatoms. The quantitative estimate of drug-likeness (QED) is 0.422. The van der Waals surface area contributed by atoms with Crippen molar-refractivity contribution >= 4 is 27.9 Å². The van der Waals surface area contributed by atoms with Gasteiger partial charge >= 0.3 is 0 Å². The molecule has 1 N–H and O–H groups in total. The van der Waals surface area contributed by atoms with Crippen molar-refractivity contribution in [1.29, 1.82) is 0 Å². The van der Waals surface area contributed by atoms with E-state index in [1.165, 1.54) is 5.56 Å². The van der Waals surface area contributed by atoms with Gasteiger partial charge in [-0.25, -0.2) is 0 Å². The minimum absolute atomic E-state index is 0.103. The molecule has 0 amide bonds. The van der Waals surface area contributed by atoms with Crippen molar-refractivity contribution in [2.24, 2.45) is 0 Å². The molecule has 4 aromatic rings. The molecule has 0 spiro atoms. The molecule has 2 nitrogen and oxygen atoms in total. The number of fused-ring (bicyclic) bond motifs is 2. The van der Waals surface area contributed by atoms with Gasteiger partial charge in [0.15, 0.2) is 5.78 Å². The van der Waals surface area contributed by atoms with Crippen LogP contribution in [-0.2, 0) is 0 Å². The molecule has 0 radical (unpaired) electrons. The zero-order valence-electron chi connectivity index (χ0n) is 14.4. The van der Waals surface area contributed by atoms with Crippen molar-refractivity contribution in [3.8, 4) is 11.1 Å². The number of hydrogen-bond donors (Lipinski definition) is 1. The van der Waals surface area contributed by atoms with Crippen molar-refractivity contribution in [3.63, 3.8) is 0 Å². The van der Waals surface area contributed by atoms with Crippen LogP contribution in [0.3, 0.4) is 0 Å². The lowest BCUT2D eigenvalue weighted by Gasteiger charge is -2.21. The number of anilines is 2. The number of benzene rings is 4. The van der Waals surface area contributed by atoms with E-state index in [0.29, 0.717) is 0 Å². The van der Waals surface area contributed by atoms with Crippen LogP contribution in [0.2, 0.25) is 0 Å². The largest absolute Gasteiger partial charge is 0.355 e. The minimum Gasteiger partial charge on any atom is -0.355 e. The Bertz CT molecular complexity index is 1170. The predicted molar refractivity (Wildman–Crippen MR) is 107 cm³/mol. The molecule has 0 aliphatic heterocycles. The third kappa shape index (κ3) is 2.16. The molecule has 0 unspecified atom stereocenters. The summed E-state index contributed by atoms with van der Waals surface area (Å²) in [5.41, 5.74) is 6.99. The van der Waals surface area contributed by atoms with E-state index in [-0.39, 0.29) is 5.78 Å². The number of ketones is 1. The van der Waals surface area contributed by atoms with E-state index in [1.807, 2.05) is 36.4 Å². The van der Waals surface area contributed by atoms with Crippen LogP contribution in [0.4, 0.5) is 11.4 Å². The second kappa shape index (κ2) is 5.57. The zero-order valence-corrected chi connectivity index (χ0v) is 14.4. The predicted octanol–water partition coefficient (Wildman–Crippen LogP) is 6.10. The van der Waals surface area contributed by atoms with Crippen molar-refractivity contribution < 1.29 is 4.79 Å². The van der Waals surface area contributed by atoms with Crippen LogP contribution >= 0.6 is 0 Å². The lowest BCUT2D eigenvalue weighted by Crippen LogP contribution is -2.10. The molecule has 0 saturated carbocycles. The van der Waals surface area contributed by atoms with Crippen LogP contribution < -0.4 is 5.32 Å². The molecule has 0 aromatic heterocycles. The molecule has 0 saturated heterocycles. The second-order valence-corrected chi connectivity index (χ2v) is 6.75. The molecule has 5 rings (SSSR count). The normalized spacial score (nSPS) is 12.1. The number of carbonyl (C=O) groups is 1. The minimum atomic E-state index is 0.103. The fourth-order valence-corrected chi connectivity index (χ4v) is 3.78. The monoisotopic (exact) mass is 335 g/mol. The summed E-state index contributed by atoms with van der Waals surface area (Å²) in [5.74, 6) is 0.103. The van der Waals surface area contributed by atoms with Crippen molar-refractivity contribution in [2.75, 3.05) is 5.32 Å². The van der Waals surface area contributed by atoms with Gasteiger partial charge in [0.25, 0.3) is 0 Å². The highest BCUT2D eigenvalue weighted by molar-refractivity contribution is 6.27. The molecule has 124 valence electrons. The van der Waals surface area contributed by atoms with Gasteiger partial charge in [-0.3, -0.25) is 4.79 Å². The lowest BCUT2D eigenvalue weighted by atomic mass is 9.82. The Labute approximate surface area is 152 Å². The molecule has 1 aliphatic rings. The smallest absolute Gasteiger partial charge is 0.194 e. The van der Waals surface area contributed by atoms with Crippen LogP contribution in [-0.4, -0.2) is 5.78 Å². The van der Waals surface area contributed by atoms with Gasteiger partial charge < -0.3 is 5.32 Å². The average Bonchev–Trinajstić information content (AvgIpc) is 2.68. The molecule has 0 fully saturated rings. The van der Waals surface area contributed by atoms with Crippen molar-refractivity contribution in [2.45, 2.75) is 6.92 Å². The van der Waals surface area contributed by atoms with Gasteiger partial charge in [0.05, 0.1) is 0 Å². The fraction of sp³-hybridized carbons (Fsp3) is 0.0417. The summed E-state index contributed by atoms with van der Waals surface area (Å²) < 4.78 is 0. The average molecular weight is 335 g/mol. The Balaban J connectivity index is 1.74. The van der Waals surface area contributed by atoms with Crippen LogP contribution in [0.15, 0.2) is 78.9 Å².